The summed E-state index contributed by atoms with van der Waals surface area (Å²) in [6, 6.07) is 22.8. The number of nitro benzene ring substituents is 1. The molecule has 7 heteroatoms. The molecule has 0 radical (unpaired) electrons. The van der Waals surface area contributed by atoms with Crippen molar-refractivity contribution in [3.8, 4) is 0 Å². The van der Waals surface area contributed by atoms with Gasteiger partial charge in [-0.15, -0.1) is 0 Å². The van der Waals surface area contributed by atoms with Gasteiger partial charge in [-0.2, -0.15) is 0 Å². The summed E-state index contributed by atoms with van der Waals surface area (Å²) in [6.07, 6.45) is 0.911. The maximum absolute atomic E-state index is 13.8. The number of carbonyl (C=O) groups is 2. The first kappa shape index (κ1) is 26.6. The molecule has 0 fully saturated rings. The Kier molecular flexibility index (Phi) is 9.33. The summed E-state index contributed by atoms with van der Waals surface area (Å²) >= 11 is 0. The molecule has 0 aliphatic rings. The molecule has 3 rings (SSSR count). The van der Waals surface area contributed by atoms with Gasteiger partial charge in [0.15, 0.2) is 0 Å². The second-order valence-electron chi connectivity index (χ2n) is 9.10. The Morgan fingerprint density at radius 3 is 2.31 bits per heavy atom. The third kappa shape index (κ3) is 7.25. The van der Waals surface area contributed by atoms with Crippen LogP contribution in [0, 0.1) is 17.0 Å². The molecule has 0 aliphatic carbocycles. The third-order valence-electron chi connectivity index (χ3n) is 6.24. The molecular weight excluding hydrogens is 454 g/mol. The van der Waals surface area contributed by atoms with Gasteiger partial charge in [0.1, 0.15) is 6.04 Å². The summed E-state index contributed by atoms with van der Waals surface area (Å²) in [6.45, 7) is 6.10. The van der Waals surface area contributed by atoms with E-state index in [1.54, 1.807) is 23.1 Å². The Bertz CT molecular complexity index is 1200. The van der Waals surface area contributed by atoms with Crippen LogP contribution in [0.25, 0.3) is 0 Å². The van der Waals surface area contributed by atoms with Crippen molar-refractivity contribution in [1.82, 2.24) is 10.2 Å². The van der Waals surface area contributed by atoms with Gasteiger partial charge in [0.05, 0.1) is 11.3 Å². The number of hydrogen-bond acceptors (Lipinski definition) is 4. The predicted octanol–water partition coefficient (Wildman–Crippen LogP) is 5.00. The summed E-state index contributed by atoms with van der Waals surface area (Å²) < 4.78 is 0. The lowest BCUT2D eigenvalue weighted by atomic mass is 10.0. The molecule has 7 nitrogen and oxygen atoms in total. The van der Waals surface area contributed by atoms with Crippen LogP contribution in [0.5, 0.6) is 0 Å². The van der Waals surface area contributed by atoms with E-state index in [4.69, 9.17) is 0 Å². The number of para-hydroxylation sites is 1. The largest absolute Gasteiger partial charge is 0.352 e. The average Bonchev–Trinajstić information content (AvgIpc) is 2.86. The van der Waals surface area contributed by atoms with Crippen molar-refractivity contribution in [2.45, 2.75) is 58.7 Å². The highest BCUT2D eigenvalue weighted by atomic mass is 16.6. The number of benzene rings is 3. The van der Waals surface area contributed by atoms with Gasteiger partial charge >= 0.3 is 0 Å². The van der Waals surface area contributed by atoms with Crippen LogP contribution in [0.4, 0.5) is 5.69 Å². The Labute approximate surface area is 212 Å². The number of rotatable bonds is 11. The molecule has 0 heterocycles. The van der Waals surface area contributed by atoms with E-state index in [9.17, 15) is 19.7 Å². The Morgan fingerprint density at radius 1 is 0.972 bits per heavy atom. The number of hydrogen-bond donors (Lipinski definition) is 1. The number of aryl methyl sites for hydroxylation is 1. The zero-order valence-corrected chi connectivity index (χ0v) is 21.0. The fourth-order valence-corrected chi connectivity index (χ4v) is 4.11. The van der Waals surface area contributed by atoms with Crippen molar-refractivity contribution in [2.24, 2.45) is 0 Å². The van der Waals surface area contributed by atoms with Gasteiger partial charge in [-0.3, -0.25) is 19.7 Å². The lowest BCUT2D eigenvalue weighted by Crippen LogP contribution is -2.52. The van der Waals surface area contributed by atoms with Crippen molar-refractivity contribution >= 4 is 17.5 Å². The van der Waals surface area contributed by atoms with E-state index in [1.165, 1.54) is 6.07 Å². The molecule has 3 aromatic carbocycles. The van der Waals surface area contributed by atoms with Gasteiger partial charge < -0.3 is 10.2 Å². The maximum atomic E-state index is 13.8. The van der Waals surface area contributed by atoms with Crippen LogP contribution in [-0.2, 0) is 29.0 Å². The van der Waals surface area contributed by atoms with Gasteiger partial charge in [0, 0.05) is 30.6 Å². The van der Waals surface area contributed by atoms with Crippen LogP contribution < -0.4 is 5.32 Å². The number of nitrogens with zero attached hydrogens (tertiary/aromatic N) is 2. The van der Waals surface area contributed by atoms with E-state index in [0.717, 1.165) is 23.1 Å². The first-order valence-electron chi connectivity index (χ1n) is 12.2. The molecule has 188 valence electrons. The van der Waals surface area contributed by atoms with Crippen LogP contribution >= 0.6 is 0 Å². The van der Waals surface area contributed by atoms with Crippen LogP contribution in [0.1, 0.15) is 42.5 Å². The standard InChI is InChI=1S/C29H33N3O4/c1-4-22(3)30-29(34)27(18-23-12-6-5-7-13-23)31(20-24-14-10-11-21(2)17-24)28(33)19-25-15-8-9-16-26(25)32(35)36/h5-17,22,27H,4,18-20H2,1-3H3,(H,30,34). The molecule has 36 heavy (non-hydrogen) atoms. The minimum atomic E-state index is -0.780. The summed E-state index contributed by atoms with van der Waals surface area (Å²) in [4.78, 5) is 40.0. The molecule has 2 atom stereocenters. The first-order valence-corrected chi connectivity index (χ1v) is 12.2. The highest BCUT2D eigenvalue weighted by molar-refractivity contribution is 5.89. The average molecular weight is 488 g/mol. The molecule has 1 N–H and O–H groups in total. The van der Waals surface area contributed by atoms with Crippen molar-refractivity contribution < 1.29 is 14.5 Å². The molecule has 0 bridgehead atoms. The van der Waals surface area contributed by atoms with Crippen LogP contribution in [0.3, 0.4) is 0 Å². The molecule has 0 saturated carbocycles. The number of carbonyl (C=O) groups excluding carboxylic acids is 2. The Hall–Kier alpha value is -4.00. The number of nitrogens with one attached hydrogen (secondary N) is 1. The Morgan fingerprint density at radius 2 is 1.64 bits per heavy atom. The third-order valence-corrected chi connectivity index (χ3v) is 6.24. The normalized spacial score (nSPS) is 12.4. The van der Waals surface area contributed by atoms with E-state index < -0.39 is 11.0 Å². The second kappa shape index (κ2) is 12.6. The van der Waals surface area contributed by atoms with E-state index in [2.05, 4.69) is 5.32 Å². The highest BCUT2D eigenvalue weighted by Gasteiger charge is 2.32. The number of nitro groups is 1. The van der Waals surface area contributed by atoms with Crippen molar-refractivity contribution in [3.05, 3.63) is 111 Å². The van der Waals surface area contributed by atoms with Crippen LogP contribution in [0.15, 0.2) is 78.9 Å². The summed E-state index contributed by atoms with van der Waals surface area (Å²) in [5.41, 5.74) is 3.07. The van der Waals surface area contributed by atoms with E-state index >= 15 is 0 Å². The van der Waals surface area contributed by atoms with Gasteiger partial charge in [0.25, 0.3) is 5.69 Å². The quantitative estimate of drug-likeness (QED) is 0.304. The maximum Gasteiger partial charge on any atom is 0.273 e. The first-order chi connectivity index (χ1) is 17.3. The molecule has 0 aromatic heterocycles. The second-order valence-corrected chi connectivity index (χ2v) is 9.10. The SMILES string of the molecule is CCC(C)NC(=O)C(Cc1ccccc1)N(Cc1cccc(C)c1)C(=O)Cc1ccccc1[N+](=O)[O-]. The lowest BCUT2D eigenvalue weighted by Gasteiger charge is -2.32. The molecule has 2 amide bonds. The fourth-order valence-electron chi connectivity index (χ4n) is 4.11. The molecule has 0 spiro atoms. The zero-order valence-electron chi connectivity index (χ0n) is 21.0. The van der Waals surface area contributed by atoms with Crippen molar-refractivity contribution in [2.75, 3.05) is 0 Å². The highest BCUT2D eigenvalue weighted by Crippen LogP contribution is 2.22. The smallest absolute Gasteiger partial charge is 0.273 e. The van der Waals surface area contributed by atoms with E-state index in [-0.39, 0.29) is 36.5 Å². The summed E-state index contributed by atoms with van der Waals surface area (Å²) in [5.74, 6) is -0.581. The minimum absolute atomic E-state index is 0.0538. The lowest BCUT2D eigenvalue weighted by molar-refractivity contribution is -0.385. The van der Waals surface area contributed by atoms with Crippen LogP contribution in [-0.4, -0.2) is 33.7 Å². The zero-order chi connectivity index (χ0) is 26.1. The van der Waals surface area contributed by atoms with E-state index in [1.807, 2.05) is 75.4 Å². The molecule has 2 unspecified atom stereocenters. The van der Waals surface area contributed by atoms with Gasteiger partial charge in [0.2, 0.25) is 11.8 Å². The monoisotopic (exact) mass is 487 g/mol. The summed E-state index contributed by atoms with van der Waals surface area (Å²) in [7, 11) is 0. The fraction of sp³-hybridized carbons (Fsp3) is 0.310. The number of amides is 2. The van der Waals surface area contributed by atoms with Gasteiger partial charge in [-0.1, -0.05) is 85.3 Å². The van der Waals surface area contributed by atoms with E-state index in [0.29, 0.717) is 12.0 Å². The van der Waals surface area contributed by atoms with Gasteiger partial charge in [-0.05, 0) is 31.4 Å². The molecule has 0 saturated heterocycles. The molecule has 3 aromatic rings. The van der Waals surface area contributed by atoms with Crippen LogP contribution in [0.2, 0.25) is 0 Å². The minimum Gasteiger partial charge on any atom is -0.352 e. The molecular formula is C29H33N3O4. The van der Waals surface area contributed by atoms with Gasteiger partial charge in [-0.25, -0.2) is 0 Å². The summed E-state index contributed by atoms with van der Waals surface area (Å²) in [5, 5.41) is 14.6. The van der Waals surface area contributed by atoms with Crippen molar-refractivity contribution in [1.29, 1.82) is 0 Å². The van der Waals surface area contributed by atoms with Crippen molar-refractivity contribution in [3.63, 3.8) is 0 Å². The predicted molar refractivity (Wildman–Crippen MR) is 140 cm³/mol. The Balaban J connectivity index is 2.02. The molecule has 0 aliphatic heterocycles. The topological polar surface area (TPSA) is 92.6 Å².